The number of hydrogen-bond donors (Lipinski definition) is 1. The lowest BCUT2D eigenvalue weighted by Crippen LogP contribution is -2.07. The Hall–Kier alpha value is -1.16. The van der Waals surface area contributed by atoms with Crippen LogP contribution in [0.4, 0.5) is 8.78 Å². The van der Waals surface area contributed by atoms with Crippen LogP contribution in [0.5, 0.6) is 5.75 Å². The third kappa shape index (κ3) is 3.40. The molecule has 2 nitrogen and oxygen atoms in total. The topological polar surface area (TPSA) is 35.2 Å². The molecule has 1 aromatic rings. The number of rotatable bonds is 6. The monoisotopic (exact) mass is 241 g/mol. The molecule has 2 rings (SSSR count). The lowest BCUT2D eigenvalue weighted by atomic mass is 10.1. The minimum Gasteiger partial charge on any atom is -0.490 e. The van der Waals surface area contributed by atoms with Crippen LogP contribution >= 0.6 is 0 Å². The van der Waals surface area contributed by atoms with Gasteiger partial charge in [-0.15, -0.1) is 0 Å². The Morgan fingerprint density at radius 1 is 1.29 bits per heavy atom. The van der Waals surface area contributed by atoms with Gasteiger partial charge in [0.15, 0.2) is 11.6 Å². The number of halogens is 2. The predicted octanol–water partition coefficient (Wildman–Crippen LogP) is 2.64. The number of ether oxygens (including phenoxy) is 1. The Balaban J connectivity index is 2.12. The van der Waals surface area contributed by atoms with Gasteiger partial charge in [0.1, 0.15) is 5.82 Å². The molecule has 0 spiro atoms. The van der Waals surface area contributed by atoms with E-state index in [9.17, 15) is 8.78 Å². The van der Waals surface area contributed by atoms with Crippen molar-refractivity contribution in [2.45, 2.75) is 25.7 Å². The molecule has 17 heavy (non-hydrogen) atoms. The number of nitrogens with two attached hydrogens (primary N) is 1. The number of hydrogen-bond acceptors (Lipinski definition) is 2. The minimum atomic E-state index is -0.613. The fourth-order valence-corrected chi connectivity index (χ4v) is 1.74. The Morgan fingerprint density at radius 3 is 2.71 bits per heavy atom. The first kappa shape index (κ1) is 12.3. The summed E-state index contributed by atoms with van der Waals surface area (Å²) in [7, 11) is 0. The van der Waals surface area contributed by atoms with Crippen LogP contribution < -0.4 is 10.5 Å². The van der Waals surface area contributed by atoms with Crippen LogP contribution in [0.2, 0.25) is 0 Å². The molecule has 0 amide bonds. The van der Waals surface area contributed by atoms with Crippen molar-refractivity contribution in [3.05, 3.63) is 29.3 Å². The summed E-state index contributed by atoms with van der Waals surface area (Å²) >= 11 is 0. The van der Waals surface area contributed by atoms with Gasteiger partial charge in [-0.05, 0) is 44.2 Å². The smallest absolute Gasteiger partial charge is 0.168 e. The molecule has 0 atom stereocenters. The second kappa shape index (κ2) is 5.45. The number of benzene rings is 1. The van der Waals surface area contributed by atoms with Crippen LogP contribution in [0.1, 0.15) is 24.8 Å². The van der Waals surface area contributed by atoms with E-state index in [0.29, 0.717) is 37.5 Å². The molecule has 0 aliphatic heterocycles. The van der Waals surface area contributed by atoms with Crippen molar-refractivity contribution < 1.29 is 13.5 Å². The zero-order chi connectivity index (χ0) is 12.3. The summed E-state index contributed by atoms with van der Waals surface area (Å²) < 4.78 is 32.2. The van der Waals surface area contributed by atoms with Gasteiger partial charge >= 0.3 is 0 Å². The molecular formula is C13H17F2NO. The molecule has 94 valence electrons. The highest BCUT2D eigenvalue weighted by atomic mass is 19.1. The summed E-state index contributed by atoms with van der Waals surface area (Å²) in [4.78, 5) is 0. The van der Waals surface area contributed by atoms with Crippen LogP contribution in [0.15, 0.2) is 12.1 Å². The van der Waals surface area contributed by atoms with E-state index in [1.807, 2.05) is 0 Å². The largest absolute Gasteiger partial charge is 0.490 e. The highest BCUT2D eigenvalue weighted by Gasteiger charge is 2.23. The van der Waals surface area contributed by atoms with Crippen LogP contribution in [0.3, 0.4) is 0 Å². The van der Waals surface area contributed by atoms with Crippen molar-refractivity contribution in [2.75, 3.05) is 13.2 Å². The van der Waals surface area contributed by atoms with Gasteiger partial charge in [0, 0.05) is 11.6 Å². The van der Waals surface area contributed by atoms with E-state index in [-0.39, 0.29) is 5.75 Å². The average molecular weight is 241 g/mol. The summed E-state index contributed by atoms with van der Waals surface area (Å²) in [5, 5.41) is 0. The van der Waals surface area contributed by atoms with E-state index in [1.165, 1.54) is 6.07 Å². The quantitative estimate of drug-likeness (QED) is 0.831. The number of aryl methyl sites for hydroxylation is 1. The van der Waals surface area contributed by atoms with Crippen molar-refractivity contribution in [3.8, 4) is 5.75 Å². The molecule has 2 N–H and O–H groups in total. The molecule has 1 saturated carbocycles. The zero-order valence-electron chi connectivity index (χ0n) is 9.72. The van der Waals surface area contributed by atoms with Crippen LogP contribution in [0.25, 0.3) is 0 Å². The van der Waals surface area contributed by atoms with E-state index in [2.05, 4.69) is 0 Å². The van der Waals surface area contributed by atoms with Gasteiger partial charge in [-0.3, -0.25) is 0 Å². The second-order valence-electron chi connectivity index (χ2n) is 4.52. The van der Waals surface area contributed by atoms with Gasteiger partial charge in [-0.2, -0.15) is 0 Å². The highest BCUT2D eigenvalue weighted by molar-refractivity contribution is 5.36. The fraction of sp³-hybridized carbons (Fsp3) is 0.538. The SMILES string of the molecule is NCCCc1cc(F)cc(F)c1OCC1CC1. The Bertz CT molecular complexity index is 391. The summed E-state index contributed by atoms with van der Waals surface area (Å²) in [6.45, 7) is 1.03. The first-order chi connectivity index (χ1) is 8.20. The van der Waals surface area contributed by atoms with Crippen molar-refractivity contribution in [1.29, 1.82) is 0 Å². The van der Waals surface area contributed by atoms with Crippen molar-refractivity contribution in [2.24, 2.45) is 11.7 Å². The van der Waals surface area contributed by atoms with Gasteiger partial charge < -0.3 is 10.5 Å². The molecule has 0 saturated heterocycles. The lowest BCUT2D eigenvalue weighted by Gasteiger charge is -2.12. The molecular weight excluding hydrogens is 224 g/mol. The Kier molecular flexibility index (Phi) is 3.94. The van der Waals surface area contributed by atoms with Crippen molar-refractivity contribution in [1.82, 2.24) is 0 Å². The van der Waals surface area contributed by atoms with E-state index >= 15 is 0 Å². The van der Waals surface area contributed by atoms with Crippen molar-refractivity contribution >= 4 is 0 Å². The zero-order valence-corrected chi connectivity index (χ0v) is 9.72. The molecule has 1 aliphatic carbocycles. The van der Waals surface area contributed by atoms with Crippen LogP contribution in [-0.4, -0.2) is 13.2 Å². The van der Waals surface area contributed by atoms with E-state index in [1.54, 1.807) is 0 Å². The maximum Gasteiger partial charge on any atom is 0.168 e. The summed E-state index contributed by atoms with van der Waals surface area (Å²) in [5.41, 5.74) is 5.98. The molecule has 0 heterocycles. The molecule has 1 aromatic carbocycles. The second-order valence-corrected chi connectivity index (χ2v) is 4.52. The molecule has 4 heteroatoms. The summed E-state index contributed by atoms with van der Waals surface area (Å²) in [5.74, 6) is -0.431. The molecule has 1 aliphatic rings. The van der Waals surface area contributed by atoms with E-state index in [0.717, 1.165) is 18.9 Å². The van der Waals surface area contributed by atoms with Gasteiger partial charge in [-0.1, -0.05) is 0 Å². The molecule has 0 unspecified atom stereocenters. The van der Waals surface area contributed by atoms with Gasteiger partial charge in [0.05, 0.1) is 6.61 Å². The van der Waals surface area contributed by atoms with E-state index < -0.39 is 11.6 Å². The maximum absolute atomic E-state index is 13.6. The van der Waals surface area contributed by atoms with E-state index in [4.69, 9.17) is 10.5 Å². The predicted molar refractivity (Wildman–Crippen MR) is 62.0 cm³/mol. The van der Waals surface area contributed by atoms with Gasteiger partial charge in [-0.25, -0.2) is 8.78 Å². The van der Waals surface area contributed by atoms with Crippen LogP contribution in [-0.2, 0) is 6.42 Å². The van der Waals surface area contributed by atoms with Gasteiger partial charge in [0.25, 0.3) is 0 Å². The standard InChI is InChI=1S/C13H17F2NO/c14-11-6-10(2-1-5-16)13(12(15)7-11)17-8-9-3-4-9/h6-7,9H,1-5,8,16H2. The maximum atomic E-state index is 13.6. The highest BCUT2D eigenvalue weighted by Crippen LogP contribution is 2.32. The average Bonchev–Trinajstić information content (AvgIpc) is 3.08. The molecule has 0 radical (unpaired) electrons. The molecule has 0 aromatic heterocycles. The lowest BCUT2D eigenvalue weighted by molar-refractivity contribution is 0.281. The first-order valence-corrected chi connectivity index (χ1v) is 6.01. The molecule has 1 fully saturated rings. The Labute approximate surface area is 99.8 Å². The van der Waals surface area contributed by atoms with Gasteiger partial charge in [0.2, 0.25) is 0 Å². The Morgan fingerprint density at radius 2 is 2.06 bits per heavy atom. The molecule has 0 bridgehead atoms. The summed E-state index contributed by atoms with van der Waals surface area (Å²) in [6, 6.07) is 2.20. The third-order valence-corrected chi connectivity index (χ3v) is 2.90. The first-order valence-electron chi connectivity index (χ1n) is 6.01. The minimum absolute atomic E-state index is 0.201. The summed E-state index contributed by atoms with van der Waals surface area (Å²) in [6.07, 6.45) is 3.52. The van der Waals surface area contributed by atoms with Crippen molar-refractivity contribution in [3.63, 3.8) is 0 Å². The van der Waals surface area contributed by atoms with Crippen LogP contribution in [0, 0.1) is 17.6 Å². The third-order valence-electron chi connectivity index (χ3n) is 2.90. The fourth-order valence-electron chi connectivity index (χ4n) is 1.74. The normalized spacial score (nSPS) is 15.0.